The number of carbonyl (C=O) groups excluding carboxylic acids is 2. The summed E-state index contributed by atoms with van der Waals surface area (Å²) in [7, 11) is 0. The molecule has 2 fully saturated rings. The van der Waals surface area contributed by atoms with Crippen LogP contribution in [0.3, 0.4) is 0 Å². The smallest absolute Gasteiger partial charge is 0.236 e. The van der Waals surface area contributed by atoms with Crippen LogP contribution in [0.25, 0.3) is 0 Å². The fourth-order valence-electron chi connectivity index (χ4n) is 4.17. The number of carbonyl (C=O) groups is 2. The topological polar surface area (TPSA) is 53.5 Å². The van der Waals surface area contributed by atoms with Gasteiger partial charge < -0.3 is 9.80 Å². The number of anilines is 1. The van der Waals surface area contributed by atoms with Crippen molar-refractivity contribution in [3.05, 3.63) is 59.7 Å². The van der Waals surface area contributed by atoms with E-state index < -0.39 is 5.41 Å². The van der Waals surface area contributed by atoms with E-state index in [1.807, 2.05) is 18.2 Å². The number of aromatic nitrogens is 1. The summed E-state index contributed by atoms with van der Waals surface area (Å²) in [6.45, 7) is 2.82. The van der Waals surface area contributed by atoms with Gasteiger partial charge in [0.05, 0.1) is 17.2 Å². The predicted octanol–water partition coefficient (Wildman–Crippen LogP) is 2.86. The number of aryl methyl sites for hydroxylation is 1. The van der Waals surface area contributed by atoms with Crippen molar-refractivity contribution in [2.45, 2.75) is 25.8 Å². The van der Waals surface area contributed by atoms with Gasteiger partial charge in [0.1, 0.15) is 5.82 Å². The molecule has 5 nitrogen and oxygen atoms in total. The summed E-state index contributed by atoms with van der Waals surface area (Å²) in [5.74, 6) is -0.255. The van der Waals surface area contributed by atoms with Crippen LogP contribution >= 0.6 is 0 Å². The van der Waals surface area contributed by atoms with Gasteiger partial charge in [-0.3, -0.25) is 14.6 Å². The number of likely N-dealkylation sites (tertiary alicyclic amines) is 1. The predicted molar refractivity (Wildman–Crippen MR) is 94.9 cm³/mol. The summed E-state index contributed by atoms with van der Waals surface area (Å²) in [5.41, 5.74) is 1.48. The summed E-state index contributed by atoms with van der Waals surface area (Å²) < 4.78 is 13.7. The molecule has 2 aromatic rings. The third-order valence-electron chi connectivity index (χ3n) is 5.65. The van der Waals surface area contributed by atoms with Gasteiger partial charge in [0.25, 0.3) is 0 Å². The molecule has 0 saturated carbocycles. The lowest BCUT2D eigenvalue weighted by molar-refractivity contribution is -0.146. The first-order valence-electron chi connectivity index (χ1n) is 8.77. The quantitative estimate of drug-likeness (QED) is 0.630. The molecular weight excluding hydrogens is 333 g/mol. The van der Waals surface area contributed by atoms with E-state index in [1.165, 1.54) is 6.07 Å². The van der Waals surface area contributed by atoms with E-state index in [9.17, 15) is 14.0 Å². The van der Waals surface area contributed by atoms with Crippen molar-refractivity contribution in [1.29, 1.82) is 0 Å². The normalized spacial score (nSPS) is 21.6. The Morgan fingerprint density at radius 2 is 2.00 bits per heavy atom. The molecule has 0 radical (unpaired) electrons. The molecule has 26 heavy (non-hydrogen) atoms. The van der Waals surface area contributed by atoms with Crippen molar-refractivity contribution in [2.24, 2.45) is 5.41 Å². The highest BCUT2D eigenvalue weighted by Gasteiger charge is 2.62. The van der Waals surface area contributed by atoms with Gasteiger partial charge in [-0.1, -0.05) is 6.07 Å². The minimum absolute atomic E-state index is 0.0321. The van der Waals surface area contributed by atoms with Crippen LogP contribution in [0.4, 0.5) is 10.1 Å². The Labute approximate surface area is 151 Å². The standard InChI is InChI=1S/C20H20FN3O2/c1-14-12-15(5-6-16(14)21)24-18(17-4-2-3-9-22-17)20(19(24)26)7-10-23(13-25)11-8-20/h2-6,9,12-13,18H,7-8,10-11H2,1H3. The average Bonchev–Trinajstić information content (AvgIpc) is 2.68. The molecule has 1 atom stereocenters. The van der Waals surface area contributed by atoms with E-state index in [0.29, 0.717) is 37.2 Å². The van der Waals surface area contributed by atoms with Crippen LogP contribution in [-0.4, -0.2) is 35.3 Å². The summed E-state index contributed by atoms with van der Waals surface area (Å²) in [5, 5.41) is 0. The molecule has 6 heteroatoms. The fourth-order valence-corrected chi connectivity index (χ4v) is 4.17. The first-order chi connectivity index (χ1) is 12.6. The highest BCUT2D eigenvalue weighted by Crippen LogP contribution is 2.57. The lowest BCUT2D eigenvalue weighted by Crippen LogP contribution is -2.66. The Bertz CT molecular complexity index is 847. The van der Waals surface area contributed by atoms with Crippen molar-refractivity contribution in [2.75, 3.05) is 18.0 Å². The lowest BCUT2D eigenvalue weighted by Gasteiger charge is -2.58. The van der Waals surface area contributed by atoms with Crippen LogP contribution in [0, 0.1) is 18.2 Å². The van der Waals surface area contributed by atoms with Crippen molar-refractivity contribution < 1.29 is 14.0 Å². The zero-order valence-electron chi connectivity index (χ0n) is 14.6. The van der Waals surface area contributed by atoms with Gasteiger partial charge in [0, 0.05) is 25.0 Å². The number of hydrogen-bond donors (Lipinski definition) is 0. The second-order valence-corrected chi connectivity index (χ2v) is 7.06. The molecular formula is C20H20FN3O2. The number of piperidine rings is 1. The molecule has 0 N–H and O–H groups in total. The van der Waals surface area contributed by atoms with Crippen LogP contribution in [-0.2, 0) is 9.59 Å². The highest BCUT2D eigenvalue weighted by atomic mass is 19.1. The molecule has 2 aliphatic rings. The molecule has 2 amide bonds. The highest BCUT2D eigenvalue weighted by molar-refractivity contribution is 6.06. The SMILES string of the molecule is Cc1cc(N2C(=O)C3(CCN(C=O)CC3)C2c2ccccn2)ccc1F. The summed E-state index contributed by atoms with van der Waals surface area (Å²) in [6, 6.07) is 10.2. The number of nitrogens with zero attached hydrogens (tertiary/aromatic N) is 3. The van der Waals surface area contributed by atoms with Crippen molar-refractivity contribution in [1.82, 2.24) is 9.88 Å². The molecule has 1 aromatic carbocycles. The van der Waals surface area contributed by atoms with Crippen LogP contribution in [0.5, 0.6) is 0 Å². The van der Waals surface area contributed by atoms with Crippen LogP contribution < -0.4 is 4.90 Å². The average molecular weight is 353 g/mol. The fraction of sp³-hybridized carbons (Fsp3) is 0.350. The lowest BCUT2D eigenvalue weighted by atomic mass is 9.63. The van der Waals surface area contributed by atoms with E-state index in [4.69, 9.17) is 0 Å². The summed E-state index contributed by atoms with van der Waals surface area (Å²) in [4.78, 5) is 32.2. The van der Waals surface area contributed by atoms with Crippen LogP contribution in [0.1, 0.15) is 30.1 Å². The molecule has 1 spiro atoms. The van der Waals surface area contributed by atoms with E-state index in [1.54, 1.807) is 35.1 Å². The third-order valence-corrected chi connectivity index (χ3v) is 5.65. The third kappa shape index (κ3) is 2.40. The number of pyridine rings is 1. The maximum Gasteiger partial charge on any atom is 0.236 e. The zero-order valence-corrected chi connectivity index (χ0v) is 14.6. The molecule has 1 unspecified atom stereocenters. The van der Waals surface area contributed by atoms with Gasteiger partial charge in [-0.2, -0.15) is 0 Å². The molecule has 1 aromatic heterocycles. The Morgan fingerprint density at radius 1 is 1.23 bits per heavy atom. The maximum atomic E-state index is 13.7. The second kappa shape index (κ2) is 6.20. The number of halogens is 1. The van der Waals surface area contributed by atoms with E-state index in [2.05, 4.69) is 4.98 Å². The molecule has 2 saturated heterocycles. The van der Waals surface area contributed by atoms with Crippen molar-refractivity contribution in [3.63, 3.8) is 0 Å². The monoisotopic (exact) mass is 353 g/mol. The van der Waals surface area contributed by atoms with Gasteiger partial charge in [-0.15, -0.1) is 0 Å². The number of amides is 2. The summed E-state index contributed by atoms with van der Waals surface area (Å²) in [6.07, 6.45) is 3.79. The Balaban J connectivity index is 1.74. The van der Waals surface area contributed by atoms with Gasteiger partial charge in [0.15, 0.2) is 0 Å². The van der Waals surface area contributed by atoms with Gasteiger partial charge in [-0.25, -0.2) is 4.39 Å². The molecule has 3 heterocycles. The molecule has 4 rings (SSSR count). The maximum absolute atomic E-state index is 13.7. The first kappa shape index (κ1) is 16.7. The summed E-state index contributed by atoms with van der Waals surface area (Å²) >= 11 is 0. The number of β-lactam (4-membered cyclic amide) rings is 1. The molecule has 134 valence electrons. The van der Waals surface area contributed by atoms with E-state index >= 15 is 0 Å². The Morgan fingerprint density at radius 3 is 2.62 bits per heavy atom. The second-order valence-electron chi connectivity index (χ2n) is 7.06. The molecule has 0 bridgehead atoms. The Kier molecular flexibility index (Phi) is 3.98. The number of benzene rings is 1. The Hall–Kier alpha value is -2.76. The molecule has 2 aliphatic heterocycles. The minimum Gasteiger partial charge on any atom is -0.345 e. The number of hydrogen-bond acceptors (Lipinski definition) is 3. The van der Waals surface area contributed by atoms with Crippen LogP contribution in [0.15, 0.2) is 42.6 Å². The van der Waals surface area contributed by atoms with Crippen LogP contribution in [0.2, 0.25) is 0 Å². The largest absolute Gasteiger partial charge is 0.345 e. The minimum atomic E-state index is -0.545. The zero-order chi connectivity index (χ0) is 18.3. The van der Waals surface area contributed by atoms with Crippen molar-refractivity contribution in [3.8, 4) is 0 Å². The van der Waals surface area contributed by atoms with Gasteiger partial charge in [-0.05, 0) is 55.7 Å². The van der Waals surface area contributed by atoms with E-state index in [0.717, 1.165) is 12.1 Å². The van der Waals surface area contributed by atoms with Gasteiger partial charge in [0.2, 0.25) is 12.3 Å². The molecule has 0 aliphatic carbocycles. The first-order valence-corrected chi connectivity index (χ1v) is 8.77. The van der Waals surface area contributed by atoms with Crippen molar-refractivity contribution >= 4 is 18.0 Å². The van der Waals surface area contributed by atoms with Gasteiger partial charge >= 0.3 is 0 Å². The van der Waals surface area contributed by atoms with E-state index in [-0.39, 0.29) is 17.8 Å². The number of rotatable bonds is 3.